The van der Waals surface area contributed by atoms with Gasteiger partial charge in [-0.1, -0.05) is 12.1 Å². The Bertz CT molecular complexity index is 1290. The summed E-state index contributed by atoms with van der Waals surface area (Å²) >= 11 is 0. The average Bonchev–Trinajstić information content (AvgIpc) is 3.38. The van der Waals surface area contributed by atoms with E-state index < -0.39 is 23.2 Å². The predicted molar refractivity (Wildman–Crippen MR) is 123 cm³/mol. The van der Waals surface area contributed by atoms with Crippen molar-refractivity contribution in [3.8, 4) is 11.3 Å². The molecule has 1 saturated heterocycles. The minimum absolute atomic E-state index is 0.0994. The van der Waals surface area contributed by atoms with Crippen LogP contribution in [-0.4, -0.2) is 64.1 Å². The number of primary amides is 1. The number of aryl methyl sites for hydroxylation is 1. The zero-order valence-corrected chi connectivity index (χ0v) is 19.1. The Balaban J connectivity index is 1.63. The maximum atomic E-state index is 13.6. The lowest BCUT2D eigenvalue weighted by molar-refractivity contribution is -0.255. The Morgan fingerprint density at radius 2 is 1.83 bits per heavy atom. The number of nitrogen functional groups attached to an aromatic ring is 1. The van der Waals surface area contributed by atoms with Crippen LogP contribution in [0.3, 0.4) is 0 Å². The van der Waals surface area contributed by atoms with Crippen LogP contribution in [0.15, 0.2) is 47.2 Å². The minimum Gasteiger partial charge on any atom is -0.459 e. The average molecular weight is 504 g/mol. The summed E-state index contributed by atoms with van der Waals surface area (Å²) in [6.45, 7) is 3.10. The Labute approximate surface area is 203 Å². The van der Waals surface area contributed by atoms with Crippen LogP contribution in [0.4, 0.5) is 24.8 Å². The van der Waals surface area contributed by atoms with E-state index in [-0.39, 0.29) is 28.7 Å². The highest BCUT2D eigenvalue weighted by atomic mass is 19.4. The highest BCUT2D eigenvalue weighted by Gasteiger charge is 2.60. The molecular weight excluding hydrogens is 481 g/mol. The summed E-state index contributed by atoms with van der Waals surface area (Å²) in [5.74, 6) is -1.57. The number of hydrogen-bond acceptors (Lipinski definition) is 8. The second-order valence-corrected chi connectivity index (χ2v) is 8.32. The number of aromatic nitrogens is 2. The Hall–Kier alpha value is -4.13. The van der Waals surface area contributed by atoms with E-state index in [2.05, 4.69) is 9.97 Å². The van der Waals surface area contributed by atoms with Crippen molar-refractivity contribution in [1.82, 2.24) is 14.9 Å². The molecule has 1 unspecified atom stereocenters. The van der Waals surface area contributed by atoms with Gasteiger partial charge in [-0.15, -0.1) is 0 Å². The number of rotatable bonds is 5. The maximum Gasteiger partial charge on any atom is 0.430 e. The second kappa shape index (κ2) is 9.15. The van der Waals surface area contributed by atoms with E-state index in [9.17, 15) is 27.9 Å². The van der Waals surface area contributed by atoms with Gasteiger partial charge in [0.25, 0.3) is 17.4 Å². The van der Waals surface area contributed by atoms with Crippen molar-refractivity contribution in [2.24, 2.45) is 5.73 Å². The molecule has 2 aromatic heterocycles. The molecule has 0 spiro atoms. The number of furan rings is 1. The number of anilines is 2. The van der Waals surface area contributed by atoms with E-state index in [0.29, 0.717) is 37.6 Å². The van der Waals surface area contributed by atoms with E-state index in [1.807, 2.05) is 4.90 Å². The lowest BCUT2D eigenvalue weighted by atomic mass is 9.89. The number of nitrogens with zero attached hydrogens (tertiary/aromatic N) is 4. The molecule has 1 aromatic carbocycles. The molecule has 1 atom stereocenters. The van der Waals surface area contributed by atoms with Gasteiger partial charge in [0.2, 0.25) is 0 Å². The molecule has 36 heavy (non-hydrogen) atoms. The quantitative estimate of drug-likeness (QED) is 0.476. The van der Waals surface area contributed by atoms with Crippen LogP contribution >= 0.6 is 0 Å². The van der Waals surface area contributed by atoms with Crippen molar-refractivity contribution in [2.75, 3.05) is 36.8 Å². The highest BCUT2D eigenvalue weighted by molar-refractivity contribution is 5.91. The molecule has 4 rings (SSSR count). The number of nitrogens with two attached hydrogens (primary N) is 2. The number of alkyl halides is 3. The van der Waals surface area contributed by atoms with Gasteiger partial charge < -0.3 is 30.8 Å². The van der Waals surface area contributed by atoms with Crippen LogP contribution in [0.1, 0.15) is 21.7 Å². The molecule has 1 fully saturated rings. The third-order valence-corrected chi connectivity index (χ3v) is 6.08. The third kappa shape index (κ3) is 4.33. The number of carbonyl (C=O) groups excluding carboxylic acids is 2. The van der Waals surface area contributed by atoms with Crippen LogP contribution in [0, 0.1) is 6.92 Å². The normalized spacial score (nSPS) is 16.0. The number of amides is 2. The van der Waals surface area contributed by atoms with Crippen LogP contribution in [0.5, 0.6) is 0 Å². The first kappa shape index (κ1) is 25.0. The number of aliphatic hydroxyl groups is 1. The van der Waals surface area contributed by atoms with Crippen molar-refractivity contribution in [3.05, 3.63) is 59.7 Å². The monoisotopic (exact) mass is 504 g/mol. The summed E-state index contributed by atoms with van der Waals surface area (Å²) in [6.07, 6.45) is -2.63. The molecule has 1 aliphatic heterocycles. The fourth-order valence-corrected chi connectivity index (χ4v) is 4.00. The first-order valence-electron chi connectivity index (χ1n) is 10.8. The van der Waals surface area contributed by atoms with Crippen molar-refractivity contribution in [3.63, 3.8) is 0 Å². The van der Waals surface area contributed by atoms with Gasteiger partial charge in [-0.3, -0.25) is 9.59 Å². The highest BCUT2D eigenvalue weighted by Crippen LogP contribution is 2.40. The number of halogens is 3. The van der Waals surface area contributed by atoms with Crippen LogP contribution in [0.2, 0.25) is 0 Å². The molecule has 10 nitrogen and oxygen atoms in total. The Kier molecular flexibility index (Phi) is 6.35. The van der Waals surface area contributed by atoms with Gasteiger partial charge >= 0.3 is 6.18 Å². The van der Waals surface area contributed by atoms with E-state index in [0.717, 1.165) is 12.1 Å². The molecule has 3 heterocycles. The molecule has 5 N–H and O–H groups in total. The summed E-state index contributed by atoms with van der Waals surface area (Å²) in [6, 6.07) is 6.52. The number of carbonyl (C=O) groups is 2. The first-order chi connectivity index (χ1) is 16.9. The first-order valence-corrected chi connectivity index (χ1v) is 10.8. The predicted octanol–water partition coefficient (Wildman–Crippen LogP) is 1.82. The fraction of sp³-hybridized carbons (Fsp3) is 0.304. The molecule has 1 aliphatic rings. The Morgan fingerprint density at radius 1 is 1.14 bits per heavy atom. The summed E-state index contributed by atoms with van der Waals surface area (Å²) in [7, 11) is 0. The van der Waals surface area contributed by atoms with Crippen LogP contribution in [-0.2, 0) is 10.4 Å². The van der Waals surface area contributed by atoms with Crippen LogP contribution in [0.25, 0.3) is 11.3 Å². The molecule has 13 heteroatoms. The minimum atomic E-state index is -5.34. The molecule has 2 amide bonds. The topological polar surface area (TPSA) is 152 Å². The Morgan fingerprint density at radius 3 is 2.42 bits per heavy atom. The van der Waals surface area contributed by atoms with E-state index >= 15 is 0 Å². The van der Waals surface area contributed by atoms with Crippen molar-refractivity contribution in [1.29, 1.82) is 0 Å². The van der Waals surface area contributed by atoms with Gasteiger partial charge in [0.1, 0.15) is 0 Å². The summed E-state index contributed by atoms with van der Waals surface area (Å²) < 4.78 is 45.9. The van der Waals surface area contributed by atoms with Gasteiger partial charge in [0, 0.05) is 37.3 Å². The summed E-state index contributed by atoms with van der Waals surface area (Å²) in [4.78, 5) is 36.2. The zero-order valence-electron chi connectivity index (χ0n) is 19.1. The third-order valence-electron chi connectivity index (χ3n) is 6.08. The molecular formula is C23H23F3N6O4. The van der Waals surface area contributed by atoms with Crippen molar-refractivity contribution in [2.45, 2.75) is 18.7 Å². The summed E-state index contributed by atoms with van der Waals surface area (Å²) in [5, 5.41) is 10.2. The van der Waals surface area contributed by atoms with E-state index in [4.69, 9.17) is 15.9 Å². The van der Waals surface area contributed by atoms with Gasteiger partial charge in [-0.05, 0) is 30.7 Å². The van der Waals surface area contributed by atoms with Crippen molar-refractivity contribution < 1.29 is 32.3 Å². The molecule has 3 aromatic rings. The van der Waals surface area contributed by atoms with E-state index in [1.54, 1.807) is 24.0 Å². The van der Waals surface area contributed by atoms with Gasteiger partial charge in [-0.25, -0.2) is 9.97 Å². The lowest BCUT2D eigenvalue weighted by Gasteiger charge is -2.35. The number of benzene rings is 1. The lowest BCUT2D eigenvalue weighted by Crippen LogP contribution is -2.52. The molecule has 0 saturated carbocycles. The van der Waals surface area contributed by atoms with Gasteiger partial charge in [0.15, 0.2) is 17.4 Å². The standard InChI is InChI=1S/C23H23F3N6O4/c1-13-4-5-14(22(35,21(28)34)23(24,25)26)11-15(13)16-12-29-18(27)19(30-16)31-6-8-32(9-7-31)20(33)17-3-2-10-36-17/h2-5,10-12,35H,6-9H2,1H3,(H2,27,29)(H2,28,34). The van der Waals surface area contributed by atoms with Crippen molar-refractivity contribution >= 4 is 23.5 Å². The largest absolute Gasteiger partial charge is 0.459 e. The SMILES string of the molecule is Cc1ccc(C(O)(C(N)=O)C(F)(F)F)cc1-c1cnc(N)c(N2CCN(C(=O)c3ccco3)CC2)n1. The fourth-order valence-electron chi connectivity index (χ4n) is 4.00. The van der Waals surface area contributed by atoms with Gasteiger partial charge in [-0.2, -0.15) is 13.2 Å². The van der Waals surface area contributed by atoms with Crippen LogP contribution < -0.4 is 16.4 Å². The molecule has 0 radical (unpaired) electrons. The van der Waals surface area contributed by atoms with Gasteiger partial charge in [0.05, 0.1) is 18.2 Å². The number of piperazine rings is 1. The zero-order chi connectivity index (χ0) is 26.3. The molecule has 0 aliphatic carbocycles. The number of hydrogen-bond donors (Lipinski definition) is 3. The second-order valence-electron chi connectivity index (χ2n) is 8.32. The maximum absolute atomic E-state index is 13.6. The van der Waals surface area contributed by atoms with E-state index in [1.165, 1.54) is 18.5 Å². The summed E-state index contributed by atoms with van der Waals surface area (Å²) in [5.41, 5.74) is 7.26. The molecule has 190 valence electrons. The smallest absolute Gasteiger partial charge is 0.430 e. The molecule has 0 bridgehead atoms.